The predicted octanol–water partition coefficient (Wildman–Crippen LogP) is 2.94. The molecule has 0 aliphatic heterocycles. The first-order valence-electron chi connectivity index (χ1n) is 6.99. The fourth-order valence-electron chi connectivity index (χ4n) is 2.24. The lowest BCUT2D eigenvalue weighted by atomic mass is 10.1. The van der Waals surface area contributed by atoms with Crippen LogP contribution in [0.1, 0.15) is 34.8 Å². The molecule has 0 amide bonds. The van der Waals surface area contributed by atoms with Gasteiger partial charge in [0.05, 0.1) is 17.0 Å². The number of thiazole rings is 1. The third-order valence-electron chi connectivity index (χ3n) is 3.31. The Hall–Kier alpha value is -2.21. The lowest BCUT2D eigenvalue weighted by Gasteiger charge is -2.02. The van der Waals surface area contributed by atoms with Crippen LogP contribution >= 0.6 is 11.3 Å². The molecule has 0 aliphatic carbocycles. The van der Waals surface area contributed by atoms with E-state index in [0.29, 0.717) is 0 Å². The molecule has 0 atom stereocenters. The molecule has 1 aromatic heterocycles. The average Bonchev–Trinajstić information content (AvgIpc) is 2.76. The molecular formula is C16H18N2O3S. The van der Waals surface area contributed by atoms with Gasteiger partial charge in [0.15, 0.2) is 10.6 Å². The van der Waals surface area contributed by atoms with Gasteiger partial charge in [-0.1, -0.05) is 23.5 Å². The Morgan fingerprint density at radius 3 is 2.41 bits per heavy atom. The number of aromatic nitrogens is 1. The Labute approximate surface area is 132 Å². The maximum atomic E-state index is 11.6. The number of Topliss-reactive ketones (excluding diaryl/α,β-unsaturated/α-hetero) is 1. The smallest absolute Gasteiger partial charge is 0.307 e. The molecule has 0 radical (unpaired) electrons. The van der Waals surface area contributed by atoms with Crippen LogP contribution in [0.15, 0.2) is 29.3 Å². The van der Waals surface area contributed by atoms with Crippen LogP contribution in [0.4, 0.5) is 5.69 Å². The van der Waals surface area contributed by atoms with E-state index in [0.717, 1.165) is 33.2 Å². The van der Waals surface area contributed by atoms with E-state index in [9.17, 15) is 9.59 Å². The van der Waals surface area contributed by atoms with E-state index in [1.807, 2.05) is 18.4 Å². The fourth-order valence-corrected chi connectivity index (χ4v) is 3.35. The van der Waals surface area contributed by atoms with Crippen molar-refractivity contribution in [3.05, 3.63) is 45.2 Å². The van der Waals surface area contributed by atoms with Crippen molar-refractivity contribution in [1.82, 2.24) is 4.57 Å². The summed E-state index contributed by atoms with van der Waals surface area (Å²) in [6.45, 7) is 6.24. The SMILES string of the molecule is CCn1c(C)c(C(C)=O)sc1=Nc1ccc(CC(=O)O)cc1. The fraction of sp³-hybridized carbons (Fsp3) is 0.312. The van der Waals surface area contributed by atoms with Crippen LogP contribution in [-0.2, 0) is 17.8 Å². The van der Waals surface area contributed by atoms with Crippen molar-refractivity contribution >= 4 is 28.8 Å². The van der Waals surface area contributed by atoms with E-state index in [1.54, 1.807) is 31.2 Å². The van der Waals surface area contributed by atoms with E-state index in [-0.39, 0.29) is 12.2 Å². The molecule has 1 aromatic carbocycles. The van der Waals surface area contributed by atoms with Gasteiger partial charge in [0.1, 0.15) is 0 Å². The molecule has 116 valence electrons. The zero-order chi connectivity index (χ0) is 16.3. The Kier molecular flexibility index (Phi) is 4.92. The van der Waals surface area contributed by atoms with Crippen LogP contribution in [0.2, 0.25) is 0 Å². The Balaban J connectivity index is 2.42. The first-order chi connectivity index (χ1) is 10.4. The number of carboxylic acids is 1. The van der Waals surface area contributed by atoms with Crippen molar-refractivity contribution in [3.63, 3.8) is 0 Å². The molecule has 1 heterocycles. The second-order valence-corrected chi connectivity index (χ2v) is 5.93. The molecule has 6 heteroatoms. The maximum Gasteiger partial charge on any atom is 0.307 e. The minimum Gasteiger partial charge on any atom is -0.481 e. The van der Waals surface area contributed by atoms with Crippen LogP contribution in [-0.4, -0.2) is 21.4 Å². The van der Waals surface area contributed by atoms with E-state index in [2.05, 4.69) is 4.99 Å². The van der Waals surface area contributed by atoms with Gasteiger partial charge in [-0.15, -0.1) is 0 Å². The van der Waals surface area contributed by atoms with E-state index >= 15 is 0 Å². The minimum atomic E-state index is -0.853. The number of nitrogens with zero attached hydrogens (tertiary/aromatic N) is 2. The van der Waals surface area contributed by atoms with Crippen LogP contribution in [0.5, 0.6) is 0 Å². The molecule has 0 spiro atoms. The molecule has 2 rings (SSSR count). The number of rotatable bonds is 5. The van der Waals surface area contributed by atoms with Crippen molar-refractivity contribution in [2.45, 2.75) is 33.7 Å². The lowest BCUT2D eigenvalue weighted by Crippen LogP contribution is -2.14. The standard InChI is InChI=1S/C16H18N2O3S/c1-4-18-10(2)15(11(3)19)22-16(18)17-13-7-5-12(6-8-13)9-14(20)21/h5-8H,4,9H2,1-3H3,(H,20,21). The predicted molar refractivity (Wildman–Crippen MR) is 85.7 cm³/mol. The highest BCUT2D eigenvalue weighted by molar-refractivity contribution is 7.11. The zero-order valence-corrected chi connectivity index (χ0v) is 13.6. The molecule has 22 heavy (non-hydrogen) atoms. The van der Waals surface area contributed by atoms with Gasteiger partial charge < -0.3 is 9.67 Å². The number of hydrogen-bond donors (Lipinski definition) is 1. The van der Waals surface area contributed by atoms with Gasteiger partial charge in [-0.25, -0.2) is 4.99 Å². The van der Waals surface area contributed by atoms with Gasteiger partial charge in [-0.2, -0.15) is 0 Å². The Bertz CT molecular complexity index is 770. The molecule has 0 unspecified atom stereocenters. The van der Waals surface area contributed by atoms with Crippen molar-refractivity contribution in [1.29, 1.82) is 0 Å². The number of hydrogen-bond acceptors (Lipinski definition) is 4. The van der Waals surface area contributed by atoms with Crippen molar-refractivity contribution in [2.24, 2.45) is 4.99 Å². The topological polar surface area (TPSA) is 71.7 Å². The van der Waals surface area contributed by atoms with Gasteiger partial charge in [0, 0.05) is 19.2 Å². The number of carbonyl (C=O) groups excluding carboxylic acids is 1. The monoisotopic (exact) mass is 318 g/mol. The van der Waals surface area contributed by atoms with E-state index < -0.39 is 5.97 Å². The zero-order valence-electron chi connectivity index (χ0n) is 12.8. The quantitative estimate of drug-likeness (QED) is 0.862. The highest BCUT2D eigenvalue weighted by Crippen LogP contribution is 2.16. The van der Waals surface area contributed by atoms with Gasteiger partial charge in [0.25, 0.3) is 0 Å². The van der Waals surface area contributed by atoms with Crippen LogP contribution < -0.4 is 4.80 Å². The van der Waals surface area contributed by atoms with Crippen molar-refractivity contribution in [3.8, 4) is 0 Å². The van der Waals surface area contributed by atoms with Gasteiger partial charge >= 0.3 is 5.97 Å². The summed E-state index contributed by atoms with van der Waals surface area (Å²) in [5.41, 5.74) is 2.41. The van der Waals surface area contributed by atoms with Crippen LogP contribution in [0, 0.1) is 6.92 Å². The maximum absolute atomic E-state index is 11.6. The normalized spacial score (nSPS) is 11.7. The average molecular weight is 318 g/mol. The number of benzene rings is 1. The summed E-state index contributed by atoms with van der Waals surface area (Å²) in [7, 11) is 0. The first kappa shape index (κ1) is 16.2. The van der Waals surface area contributed by atoms with E-state index in [1.165, 1.54) is 11.3 Å². The van der Waals surface area contributed by atoms with Gasteiger partial charge in [0.2, 0.25) is 0 Å². The van der Waals surface area contributed by atoms with Crippen molar-refractivity contribution < 1.29 is 14.7 Å². The minimum absolute atomic E-state index is 0.00182. The highest BCUT2D eigenvalue weighted by atomic mass is 32.1. The van der Waals surface area contributed by atoms with Gasteiger partial charge in [-0.05, 0) is 31.5 Å². The molecule has 0 saturated carbocycles. The summed E-state index contributed by atoms with van der Waals surface area (Å²) in [4.78, 5) is 28.4. The lowest BCUT2D eigenvalue weighted by molar-refractivity contribution is -0.136. The largest absolute Gasteiger partial charge is 0.481 e. The second-order valence-electron chi connectivity index (χ2n) is 4.95. The van der Waals surface area contributed by atoms with Crippen LogP contribution in [0.25, 0.3) is 0 Å². The number of ketones is 1. The van der Waals surface area contributed by atoms with Crippen LogP contribution in [0.3, 0.4) is 0 Å². The Morgan fingerprint density at radius 1 is 1.27 bits per heavy atom. The Morgan fingerprint density at radius 2 is 1.91 bits per heavy atom. The molecule has 0 saturated heterocycles. The molecule has 2 aromatic rings. The third kappa shape index (κ3) is 3.51. The number of carboxylic acid groups (broad SMARTS) is 1. The molecule has 0 aliphatic rings. The van der Waals surface area contributed by atoms with Gasteiger partial charge in [-0.3, -0.25) is 9.59 Å². The van der Waals surface area contributed by atoms with E-state index in [4.69, 9.17) is 5.11 Å². The molecule has 5 nitrogen and oxygen atoms in total. The summed E-state index contributed by atoms with van der Waals surface area (Å²) in [6, 6.07) is 7.10. The summed E-state index contributed by atoms with van der Waals surface area (Å²) in [6.07, 6.45) is 0.00182. The summed E-state index contributed by atoms with van der Waals surface area (Å²) >= 11 is 1.38. The molecule has 1 N–H and O–H groups in total. The summed E-state index contributed by atoms with van der Waals surface area (Å²) in [5.74, 6) is -0.809. The molecule has 0 fully saturated rings. The molecular weight excluding hydrogens is 300 g/mol. The van der Waals surface area contributed by atoms with Crippen molar-refractivity contribution in [2.75, 3.05) is 0 Å². The molecule has 0 bridgehead atoms. The second kappa shape index (κ2) is 6.70. The summed E-state index contributed by atoms with van der Waals surface area (Å²) in [5, 5.41) is 8.77. The number of carbonyl (C=O) groups is 2. The number of aliphatic carboxylic acids is 1. The third-order valence-corrected chi connectivity index (χ3v) is 4.59. The first-order valence-corrected chi connectivity index (χ1v) is 7.80. The summed E-state index contributed by atoms with van der Waals surface area (Å²) < 4.78 is 2.01. The highest BCUT2D eigenvalue weighted by Gasteiger charge is 2.12.